The number of nitrogens with zero attached hydrogens (tertiary/aromatic N) is 2. The van der Waals surface area contributed by atoms with Gasteiger partial charge in [-0.1, -0.05) is 12.1 Å². The number of carbonyl (C=O) groups is 1. The highest BCUT2D eigenvalue weighted by molar-refractivity contribution is 5.83. The molecular formula is C21H22N2O2. The molecule has 0 aromatic heterocycles. The van der Waals surface area contributed by atoms with Crippen LogP contribution in [-0.4, -0.2) is 36.4 Å². The molecule has 2 fully saturated rings. The van der Waals surface area contributed by atoms with E-state index in [0.29, 0.717) is 23.7 Å². The van der Waals surface area contributed by atoms with E-state index < -0.39 is 0 Å². The van der Waals surface area contributed by atoms with Crippen LogP contribution in [0.4, 0.5) is 11.4 Å². The predicted molar refractivity (Wildman–Crippen MR) is 98.1 cm³/mol. The van der Waals surface area contributed by atoms with E-state index in [0.717, 1.165) is 29.2 Å². The Balaban J connectivity index is 1.60. The van der Waals surface area contributed by atoms with E-state index in [1.165, 1.54) is 25.7 Å². The Morgan fingerprint density at radius 2 is 1.68 bits per heavy atom. The highest BCUT2D eigenvalue weighted by Crippen LogP contribution is 2.50. The minimum absolute atomic E-state index is 0.472. The fourth-order valence-electron chi connectivity index (χ4n) is 4.86. The van der Waals surface area contributed by atoms with E-state index in [2.05, 4.69) is 29.0 Å². The molecule has 25 heavy (non-hydrogen) atoms. The molecule has 2 aromatic carbocycles. The normalized spacial score (nSPS) is 27.4. The number of rotatable bonds is 2. The average molecular weight is 334 g/mol. The van der Waals surface area contributed by atoms with Gasteiger partial charge in [0.2, 0.25) is 0 Å². The van der Waals surface area contributed by atoms with Crippen molar-refractivity contribution >= 4 is 17.7 Å². The van der Waals surface area contributed by atoms with Crippen LogP contribution in [0.5, 0.6) is 11.5 Å². The van der Waals surface area contributed by atoms with E-state index in [1.54, 1.807) is 0 Å². The summed E-state index contributed by atoms with van der Waals surface area (Å²) in [7, 11) is 2.27. The molecule has 2 unspecified atom stereocenters. The van der Waals surface area contributed by atoms with Crippen molar-refractivity contribution in [1.82, 2.24) is 4.90 Å². The number of aldehydes is 1. The molecule has 4 heteroatoms. The van der Waals surface area contributed by atoms with Gasteiger partial charge >= 0.3 is 0 Å². The van der Waals surface area contributed by atoms with Gasteiger partial charge in [0.25, 0.3) is 0 Å². The summed E-state index contributed by atoms with van der Waals surface area (Å²) in [6.45, 7) is 0. The van der Waals surface area contributed by atoms with Crippen molar-refractivity contribution in [2.24, 2.45) is 0 Å². The highest BCUT2D eigenvalue weighted by atomic mass is 16.5. The van der Waals surface area contributed by atoms with Crippen molar-refractivity contribution < 1.29 is 9.53 Å². The van der Waals surface area contributed by atoms with Crippen LogP contribution in [0.3, 0.4) is 0 Å². The zero-order valence-electron chi connectivity index (χ0n) is 14.4. The van der Waals surface area contributed by atoms with Gasteiger partial charge in [0.05, 0.1) is 11.4 Å². The molecule has 0 radical (unpaired) electrons. The van der Waals surface area contributed by atoms with Crippen LogP contribution in [0, 0.1) is 0 Å². The van der Waals surface area contributed by atoms with Crippen LogP contribution < -0.4 is 9.64 Å². The second kappa shape index (κ2) is 5.60. The fraction of sp³-hybridized carbons (Fsp3) is 0.381. The molecule has 3 aliphatic rings. The third kappa shape index (κ3) is 2.28. The Bertz CT molecular complexity index is 820. The lowest BCUT2D eigenvalue weighted by Crippen LogP contribution is -2.48. The first-order valence-electron chi connectivity index (χ1n) is 9.12. The molecule has 2 bridgehead atoms. The van der Waals surface area contributed by atoms with Gasteiger partial charge in [-0.2, -0.15) is 0 Å². The fourth-order valence-corrected chi connectivity index (χ4v) is 4.86. The molecule has 2 aromatic rings. The molecule has 128 valence electrons. The highest BCUT2D eigenvalue weighted by Gasteiger charge is 2.42. The van der Waals surface area contributed by atoms with Crippen molar-refractivity contribution in [3.63, 3.8) is 0 Å². The summed E-state index contributed by atoms with van der Waals surface area (Å²) in [5, 5.41) is 0. The third-order valence-corrected chi connectivity index (χ3v) is 6.16. The van der Waals surface area contributed by atoms with Crippen molar-refractivity contribution in [2.45, 2.75) is 43.8 Å². The van der Waals surface area contributed by atoms with Crippen LogP contribution >= 0.6 is 0 Å². The molecule has 0 amide bonds. The molecular weight excluding hydrogens is 312 g/mol. The maximum absolute atomic E-state index is 11.2. The minimum atomic E-state index is 0.472. The first-order chi connectivity index (χ1) is 12.2. The molecule has 0 saturated carbocycles. The Morgan fingerprint density at radius 3 is 2.44 bits per heavy atom. The lowest BCUT2D eigenvalue weighted by Gasteiger charge is -2.44. The Hall–Kier alpha value is -2.33. The van der Waals surface area contributed by atoms with E-state index >= 15 is 0 Å². The first-order valence-corrected chi connectivity index (χ1v) is 9.12. The maximum Gasteiger partial charge on any atom is 0.151 e. The topological polar surface area (TPSA) is 32.8 Å². The van der Waals surface area contributed by atoms with Crippen LogP contribution in [0.1, 0.15) is 36.0 Å². The van der Waals surface area contributed by atoms with Crippen LogP contribution in [0.2, 0.25) is 0 Å². The summed E-state index contributed by atoms with van der Waals surface area (Å²) in [6.07, 6.45) is 5.85. The van der Waals surface area contributed by atoms with Crippen molar-refractivity contribution in [2.75, 3.05) is 11.9 Å². The molecule has 3 aliphatic heterocycles. The first kappa shape index (κ1) is 15.0. The summed E-state index contributed by atoms with van der Waals surface area (Å²) < 4.78 is 6.12. The van der Waals surface area contributed by atoms with Gasteiger partial charge in [0.1, 0.15) is 6.29 Å². The minimum Gasteiger partial charge on any atom is -0.453 e. The summed E-state index contributed by atoms with van der Waals surface area (Å²) in [4.78, 5) is 16.2. The maximum atomic E-state index is 11.2. The summed E-state index contributed by atoms with van der Waals surface area (Å²) in [5.41, 5.74) is 2.88. The number of benzene rings is 2. The van der Waals surface area contributed by atoms with Crippen molar-refractivity contribution in [3.8, 4) is 11.5 Å². The molecule has 0 spiro atoms. The monoisotopic (exact) mass is 334 g/mol. The standard InChI is InChI=1S/C21H22N2O2/c1-22-15-7-8-16(22)12-17(11-15)23-18-4-2-3-5-20(18)25-21-10-14(13-24)6-9-19(21)23/h2-6,9-10,13,15-17H,7-8,11-12H2,1H3. The second-order valence-corrected chi connectivity index (χ2v) is 7.46. The van der Waals surface area contributed by atoms with Gasteiger partial charge in [-0.05, 0) is 63.1 Å². The van der Waals surface area contributed by atoms with Gasteiger partial charge in [0.15, 0.2) is 11.5 Å². The van der Waals surface area contributed by atoms with Gasteiger partial charge < -0.3 is 14.5 Å². The Kier molecular flexibility index (Phi) is 3.35. The number of hydrogen-bond donors (Lipinski definition) is 0. The molecule has 0 N–H and O–H groups in total. The molecule has 4 nitrogen and oxygen atoms in total. The van der Waals surface area contributed by atoms with E-state index in [1.807, 2.05) is 30.3 Å². The number of ether oxygens (including phenoxy) is 1. The zero-order valence-corrected chi connectivity index (χ0v) is 14.4. The SMILES string of the molecule is CN1C2CCC1CC(N1c3ccccc3Oc3cc(C=O)ccc31)C2. The van der Waals surface area contributed by atoms with Gasteiger partial charge in [-0.3, -0.25) is 4.79 Å². The quantitative estimate of drug-likeness (QED) is 0.764. The number of hydrogen-bond acceptors (Lipinski definition) is 4. The molecule has 2 saturated heterocycles. The molecule has 2 atom stereocenters. The van der Waals surface area contributed by atoms with Gasteiger partial charge in [-0.15, -0.1) is 0 Å². The zero-order chi connectivity index (χ0) is 17.0. The van der Waals surface area contributed by atoms with E-state index in [4.69, 9.17) is 4.74 Å². The number of piperidine rings is 1. The number of anilines is 2. The summed E-state index contributed by atoms with van der Waals surface area (Å²) >= 11 is 0. The number of para-hydroxylation sites is 2. The molecule has 3 heterocycles. The van der Waals surface area contributed by atoms with Gasteiger partial charge in [0, 0.05) is 23.7 Å². The molecule has 0 aliphatic carbocycles. The predicted octanol–water partition coefficient (Wildman–Crippen LogP) is 4.37. The van der Waals surface area contributed by atoms with E-state index in [9.17, 15) is 4.79 Å². The summed E-state index contributed by atoms with van der Waals surface area (Å²) in [5.74, 6) is 1.67. The smallest absolute Gasteiger partial charge is 0.151 e. The van der Waals surface area contributed by atoms with Crippen molar-refractivity contribution in [1.29, 1.82) is 0 Å². The molecule has 5 rings (SSSR count). The Labute approximate surface area is 148 Å². The van der Waals surface area contributed by atoms with Crippen molar-refractivity contribution in [3.05, 3.63) is 48.0 Å². The Morgan fingerprint density at radius 1 is 0.960 bits per heavy atom. The largest absolute Gasteiger partial charge is 0.453 e. The second-order valence-electron chi connectivity index (χ2n) is 7.46. The van der Waals surface area contributed by atoms with Crippen LogP contribution in [0.15, 0.2) is 42.5 Å². The number of fused-ring (bicyclic) bond motifs is 4. The lowest BCUT2D eigenvalue weighted by molar-refractivity contribution is 0.112. The van der Waals surface area contributed by atoms with Crippen LogP contribution in [0.25, 0.3) is 0 Å². The number of carbonyl (C=O) groups excluding carboxylic acids is 1. The lowest BCUT2D eigenvalue weighted by atomic mass is 9.94. The summed E-state index contributed by atoms with van der Waals surface area (Å²) in [6, 6.07) is 15.8. The third-order valence-electron chi connectivity index (χ3n) is 6.16. The van der Waals surface area contributed by atoms with E-state index in [-0.39, 0.29) is 0 Å². The van der Waals surface area contributed by atoms with Crippen LogP contribution in [-0.2, 0) is 0 Å². The average Bonchev–Trinajstić information content (AvgIpc) is 2.85. The van der Waals surface area contributed by atoms with Gasteiger partial charge in [-0.25, -0.2) is 0 Å².